The first-order valence-corrected chi connectivity index (χ1v) is 9.41. The fourth-order valence-corrected chi connectivity index (χ4v) is 4.18. The predicted octanol–water partition coefficient (Wildman–Crippen LogP) is 4.17. The summed E-state index contributed by atoms with van der Waals surface area (Å²) in [7, 11) is 0. The molecule has 1 aromatic carbocycles. The van der Waals surface area contributed by atoms with Gasteiger partial charge in [0.15, 0.2) is 0 Å². The highest BCUT2D eigenvalue weighted by Gasteiger charge is 2.22. The third-order valence-corrected chi connectivity index (χ3v) is 5.97. The third kappa shape index (κ3) is 3.95. The minimum atomic E-state index is -0.922. The van der Waals surface area contributed by atoms with Crippen molar-refractivity contribution in [1.29, 1.82) is 0 Å². The SMILES string of the molecule is Cc1nc(-c2cccs2)sc1C(=O)N[C@@H](C)[C@@H](O)c1ccc(F)cc1. The fraction of sp³-hybridized carbons (Fsp3) is 0.222. The second kappa shape index (κ2) is 7.43. The van der Waals surface area contributed by atoms with E-state index in [9.17, 15) is 14.3 Å². The normalized spacial score (nSPS) is 13.4. The number of amides is 1. The summed E-state index contributed by atoms with van der Waals surface area (Å²) >= 11 is 2.91. The minimum absolute atomic E-state index is 0.272. The van der Waals surface area contributed by atoms with Crippen LogP contribution in [0.2, 0.25) is 0 Å². The van der Waals surface area contributed by atoms with E-state index in [1.54, 1.807) is 25.2 Å². The van der Waals surface area contributed by atoms with Crippen LogP contribution in [-0.4, -0.2) is 22.0 Å². The van der Waals surface area contributed by atoms with Gasteiger partial charge in [0.25, 0.3) is 5.91 Å². The number of nitrogens with one attached hydrogen (secondary N) is 1. The number of carbonyl (C=O) groups excluding carboxylic acids is 1. The average Bonchev–Trinajstić information content (AvgIpc) is 3.24. The van der Waals surface area contributed by atoms with Crippen molar-refractivity contribution < 1.29 is 14.3 Å². The number of aromatic nitrogens is 1. The Morgan fingerprint density at radius 3 is 2.64 bits per heavy atom. The van der Waals surface area contributed by atoms with Gasteiger partial charge in [-0.2, -0.15) is 0 Å². The number of rotatable bonds is 5. The number of carbonyl (C=O) groups is 1. The molecule has 0 aliphatic carbocycles. The number of hydrogen-bond acceptors (Lipinski definition) is 5. The van der Waals surface area contributed by atoms with E-state index < -0.39 is 12.1 Å². The zero-order chi connectivity index (χ0) is 18.0. The van der Waals surface area contributed by atoms with Crippen molar-refractivity contribution in [3.8, 4) is 9.88 Å². The lowest BCUT2D eigenvalue weighted by atomic mass is 10.0. The number of hydrogen-bond donors (Lipinski definition) is 2. The van der Waals surface area contributed by atoms with Crippen LogP contribution < -0.4 is 5.32 Å². The monoisotopic (exact) mass is 376 g/mol. The summed E-state index contributed by atoms with van der Waals surface area (Å²) in [4.78, 5) is 18.5. The molecule has 0 bridgehead atoms. The van der Waals surface area contributed by atoms with Gasteiger partial charge in [0, 0.05) is 0 Å². The van der Waals surface area contributed by atoms with Gasteiger partial charge in [0.2, 0.25) is 0 Å². The molecular formula is C18H17FN2O2S2. The van der Waals surface area contributed by atoms with Gasteiger partial charge >= 0.3 is 0 Å². The third-order valence-electron chi connectivity index (χ3n) is 3.78. The van der Waals surface area contributed by atoms with Gasteiger partial charge in [-0.05, 0) is 43.0 Å². The molecule has 3 rings (SSSR count). The van der Waals surface area contributed by atoms with Crippen molar-refractivity contribution >= 4 is 28.6 Å². The lowest BCUT2D eigenvalue weighted by Crippen LogP contribution is -2.37. The molecule has 0 fully saturated rings. The molecule has 0 aliphatic heterocycles. The molecule has 2 aromatic heterocycles. The molecule has 2 heterocycles. The number of aliphatic hydroxyl groups excluding tert-OH is 1. The van der Waals surface area contributed by atoms with Gasteiger partial charge in [0.05, 0.1) is 22.7 Å². The van der Waals surface area contributed by atoms with Crippen LogP contribution in [0.25, 0.3) is 9.88 Å². The van der Waals surface area contributed by atoms with E-state index in [2.05, 4.69) is 10.3 Å². The molecule has 0 spiro atoms. The number of aryl methyl sites for hydroxylation is 1. The summed E-state index contributed by atoms with van der Waals surface area (Å²) in [5.74, 6) is -0.638. The first-order valence-electron chi connectivity index (χ1n) is 7.71. The maximum absolute atomic E-state index is 13.0. The number of benzene rings is 1. The molecule has 0 radical (unpaired) electrons. The molecular weight excluding hydrogens is 359 g/mol. The van der Waals surface area contributed by atoms with E-state index in [4.69, 9.17) is 0 Å². The molecule has 2 atom stereocenters. The number of thiazole rings is 1. The molecule has 0 unspecified atom stereocenters. The van der Waals surface area contributed by atoms with E-state index in [1.165, 1.54) is 35.6 Å². The molecule has 0 aliphatic rings. The Morgan fingerprint density at radius 2 is 2.00 bits per heavy atom. The van der Waals surface area contributed by atoms with Crippen LogP contribution in [0.1, 0.15) is 34.0 Å². The largest absolute Gasteiger partial charge is 0.386 e. The van der Waals surface area contributed by atoms with E-state index in [-0.39, 0.29) is 11.7 Å². The first kappa shape index (κ1) is 17.7. The molecule has 2 N–H and O–H groups in total. The topological polar surface area (TPSA) is 62.2 Å². The molecule has 7 heteroatoms. The summed E-state index contributed by atoms with van der Waals surface area (Å²) < 4.78 is 13.0. The van der Waals surface area contributed by atoms with Crippen LogP contribution in [0.3, 0.4) is 0 Å². The summed E-state index contributed by atoms with van der Waals surface area (Å²) in [5.41, 5.74) is 1.21. The highest BCUT2D eigenvalue weighted by atomic mass is 32.1. The van der Waals surface area contributed by atoms with Gasteiger partial charge in [-0.25, -0.2) is 9.37 Å². The van der Waals surface area contributed by atoms with E-state index in [1.807, 2.05) is 17.5 Å². The van der Waals surface area contributed by atoms with Crippen LogP contribution in [0, 0.1) is 12.7 Å². The number of thiophene rings is 1. The van der Waals surface area contributed by atoms with E-state index >= 15 is 0 Å². The zero-order valence-corrected chi connectivity index (χ0v) is 15.3. The Bertz CT molecular complexity index is 860. The zero-order valence-electron chi connectivity index (χ0n) is 13.7. The summed E-state index contributed by atoms with van der Waals surface area (Å²) in [6.07, 6.45) is -0.922. The minimum Gasteiger partial charge on any atom is -0.386 e. The van der Waals surface area contributed by atoms with E-state index in [0.29, 0.717) is 16.1 Å². The predicted molar refractivity (Wildman–Crippen MR) is 98.5 cm³/mol. The summed E-state index contributed by atoms with van der Waals surface area (Å²) in [5, 5.41) is 15.9. The van der Waals surface area contributed by atoms with Gasteiger partial charge < -0.3 is 10.4 Å². The van der Waals surface area contributed by atoms with Gasteiger partial charge in [-0.15, -0.1) is 22.7 Å². The van der Waals surface area contributed by atoms with Crippen LogP contribution >= 0.6 is 22.7 Å². The van der Waals surface area contributed by atoms with Crippen LogP contribution in [-0.2, 0) is 0 Å². The van der Waals surface area contributed by atoms with Crippen LogP contribution in [0.15, 0.2) is 41.8 Å². The average molecular weight is 376 g/mol. The second-order valence-electron chi connectivity index (χ2n) is 5.67. The van der Waals surface area contributed by atoms with Crippen LogP contribution in [0.4, 0.5) is 4.39 Å². The lowest BCUT2D eigenvalue weighted by Gasteiger charge is -2.20. The second-order valence-corrected chi connectivity index (χ2v) is 7.62. The van der Waals surface area contributed by atoms with Crippen molar-refractivity contribution in [3.05, 3.63) is 63.7 Å². The summed E-state index contributed by atoms with van der Waals surface area (Å²) in [6, 6.07) is 8.97. The Balaban J connectivity index is 1.72. The highest BCUT2D eigenvalue weighted by Crippen LogP contribution is 2.31. The van der Waals surface area contributed by atoms with Crippen molar-refractivity contribution in [2.45, 2.75) is 26.0 Å². The highest BCUT2D eigenvalue weighted by molar-refractivity contribution is 7.22. The van der Waals surface area contributed by atoms with Gasteiger partial charge in [-0.3, -0.25) is 4.79 Å². The van der Waals surface area contributed by atoms with Crippen LogP contribution in [0.5, 0.6) is 0 Å². The molecule has 130 valence electrons. The molecule has 25 heavy (non-hydrogen) atoms. The maximum Gasteiger partial charge on any atom is 0.263 e. The van der Waals surface area contributed by atoms with Crippen molar-refractivity contribution in [2.24, 2.45) is 0 Å². The molecule has 0 saturated heterocycles. The number of halogens is 1. The Kier molecular flexibility index (Phi) is 5.27. The maximum atomic E-state index is 13.0. The lowest BCUT2D eigenvalue weighted by molar-refractivity contribution is 0.0855. The molecule has 0 saturated carbocycles. The first-order chi connectivity index (χ1) is 12.0. The Labute approximate surface area is 153 Å². The van der Waals surface area contributed by atoms with Gasteiger partial charge in [-0.1, -0.05) is 18.2 Å². The number of aliphatic hydroxyl groups is 1. The summed E-state index contributed by atoms with van der Waals surface area (Å²) in [6.45, 7) is 3.51. The smallest absolute Gasteiger partial charge is 0.263 e. The molecule has 1 amide bonds. The van der Waals surface area contributed by atoms with Crippen molar-refractivity contribution in [3.63, 3.8) is 0 Å². The quantitative estimate of drug-likeness (QED) is 0.702. The van der Waals surface area contributed by atoms with Crippen molar-refractivity contribution in [2.75, 3.05) is 0 Å². The number of nitrogens with zero attached hydrogens (tertiary/aromatic N) is 1. The molecule has 4 nitrogen and oxygen atoms in total. The van der Waals surface area contributed by atoms with Gasteiger partial charge in [0.1, 0.15) is 15.7 Å². The van der Waals surface area contributed by atoms with E-state index in [0.717, 1.165) is 9.88 Å². The fourth-order valence-electron chi connectivity index (χ4n) is 2.41. The Hall–Kier alpha value is -2.09. The molecule has 3 aromatic rings. The standard InChI is InChI=1S/C18H17FN2O2S2/c1-10(15(22)12-5-7-13(19)8-6-12)20-17(23)16-11(2)21-18(25-16)14-4-3-9-24-14/h3-10,15,22H,1-2H3,(H,20,23)/t10-,15+/m0/s1. The Morgan fingerprint density at radius 1 is 1.28 bits per heavy atom. The van der Waals surface area contributed by atoms with Crippen molar-refractivity contribution in [1.82, 2.24) is 10.3 Å².